The van der Waals surface area contributed by atoms with Crippen LogP contribution in [0.1, 0.15) is 27.2 Å². The molecule has 1 saturated heterocycles. The summed E-state index contributed by atoms with van der Waals surface area (Å²) < 4.78 is 0. The molecule has 4 nitrogen and oxygen atoms in total. The summed E-state index contributed by atoms with van der Waals surface area (Å²) in [6.45, 7) is 12.4. The molecule has 1 heterocycles. The van der Waals surface area contributed by atoms with Gasteiger partial charge >= 0.3 is 0 Å². The van der Waals surface area contributed by atoms with Crippen LogP contribution in [-0.2, 0) is 0 Å². The van der Waals surface area contributed by atoms with Crippen molar-refractivity contribution in [3.63, 3.8) is 0 Å². The summed E-state index contributed by atoms with van der Waals surface area (Å²) in [6, 6.07) is -0.0550. The zero-order chi connectivity index (χ0) is 12.2. The Morgan fingerprint density at radius 2 is 1.75 bits per heavy atom. The molecule has 0 amide bonds. The first-order valence-corrected chi connectivity index (χ1v) is 6.27. The lowest BCUT2D eigenvalue weighted by Gasteiger charge is -2.42. The number of rotatable bonds is 4. The van der Waals surface area contributed by atoms with Gasteiger partial charge in [0, 0.05) is 37.8 Å². The highest BCUT2D eigenvalue weighted by Gasteiger charge is 2.25. The average Bonchev–Trinajstić information content (AvgIpc) is 2.25. The minimum absolute atomic E-state index is 0.0550. The summed E-state index contributed by atoms with van der Waals surface area (Å²) in [5.41, 5.74) is 5.98. The fourth-order valence-electron chi connectivity index (χ4n) is 2.08. The fourth-order valence-corrected chi connectivity index (χ4v) is 2.08. The van der Waals surface area contributed by atoms with Crippen molar-refractivity contribution in [3.8, 4) is 0 Å². The maximum atomic E-state index is 8.86. The van der Waals surface area contributed by atoms with Crippen LogP contribution in [0.15, 0.2) is 0 Å². The molecular weight excluding hydrogens is 202 g/mol. The predicted octanol–water partition coefficient (Wildman–Crippen LogP) is 0.112. The highest BCUT2D eigenvalue weighted by molar-refractivity contribution is 4.82. The zero-order valence-electron chi connectivity index (χ0n) is 10.9. The van der Waals surface area contributed by atoms with Crippen LogP contribution >= 0.6 is 0 Å². The van der Waals surface area contributed by atoms with Crippen molar-refractivity contribution >= 4 is 0 Å². The molecule has 0 aliphatic carbocycles. The quantitative estimate of drug-likeness (QED) is 0.718. The first-order valence-electron chi connectivity index (χ1n) is 6.27. The highest BCUT2D eigenvalue weighted by atomic mass is 16.3. The maximum absolute atomic E-state index is 8.86. The predicted molar refractivity (Wildman–Crippen MR) is 67.4 cm³/mol. The number of hydrogen-bond acceptors (Lipinski definition) is 4. The molecule has 16 heavy (non-hydrogen) atoms. The van der Waals surface area contributed by atoms with E-state index in [1.807, 2.05) is 0 Å². The van der Waals surface area contributed by atoms with Gasteiger partial charge in [-0.25, -0.2) is 0 Å². The van der Waals surface area contributed by atoms with Gasteiger partial charge in [-0.2, -0.15) is 0 Å². The van der Waals surface area contributed by atoms with Crippen molar-refractivity contribution in [2.24, 2.45) is 5.73 Å². The summed E-state index contributed by atoms with van der Waals surface area (Å²) in [5.74, 6) is 0. The Balaban J connectivity index is 2.22. The lowest BCUT2D eigenvalue weighted by atomic mass is 10.0. The molecule has 0 radical (unpaired) electrons. The van der Waals surface area contributed by atoms with Gasteiger partial charge in [0.15, 0.2) is 0 Å². The van der Waals surface area contributed by atoms with Crippen LogP contribution in [-0.4, -0.2) is 65.8 Å². The Morgan fingerprint density at radius 3 is 2.19 bits per heavy atom. The lowest BCUT2D eigenvalue weighted by molar-refractivity contribution is 0.0602. The lowest BCUT2D eigenvalue weighted by Crippen LogP contribution is -2.53. The number of aliphatic hydroxyl groups excluding tert-OH is 1. The molecular formula is C12H27N3O. The second-order valence-electron chi connectivity index (χ2n) is 5.73. The van der Waals surface area contributed by atoms with Gasteiger partial charge in [0.1, 0.15) is 0 Å². The van der Waals surface area contributed by atoms with E-state index < -0.39 is 0 Å². The van der Waals surface area contributed by atoms with Crippen LogP contribution in [0.25, 0.3) is 0 Å². The van der Waals surface area contributed by atoms with E-state index in [2.05, 4.69) is 30.6 Å². The van der Waals surface area contributed by atoms with Gasteiger partial charge in [0.05, 0.1) is 6.61 Å². The first-order chi connectivity index (χ1) is 7.43. The standard InChI is InChI=1S/C12H27N3O/c1-12(2,3)15-8-6-14(7-9-15)5-4-11(13)10-16/h11,16H,4-10,13H2,1-3H3. The summed E-state index contributed by atoms with van der Waals surface area (Å²) in [7, 11) is 0. The Kier molecular flexibility index (Phi) is 5.18. The van der Waals surface area contributed by atoms with E-state index >= 15 is 0 Å². The molecule has 0 aromatic carbocycles. The smallest absolute Gasteiger partial charge is 0.0583 e. The molecule has 1 aliphatic rings. The van der Waals surface area contributed by atoms with Crippen LogP contribution in [0.4, 0.5) is 0 Å². The third-order valence-corrected chi connectivity index (χ3v) is 3.37. The fraction of sp³-hybridized carbons (Fsp3) is 1.00. The molecule has 1 atom stereocenters. The molecule has 1 unspecified atom stereocenters. The van der Waals surface area contributed by atoms with Crippen LogP contribution in [0.2, 0.25) is 0 Å². The highest BCUT2D eigenvalue weighted by Crippen LogP contribution is 2.15. The number of hydrogen-bond donors (Lipinski definition) is 2. The van der Waals surface area contributed by atoms with Gasteiger partial charge in [-0.3, -0.25) is 4.90 Å². The normalized spacial score (nSPS) is 22.3. The van der Waals surface area contributed by atoms with Gasteiger partial charge < -0.3 is 15.7 Å². The number of nitrogens with zero attached hydrogens (tertiary/aromatic N) is 2. The second-order valence-corrected chi connectivity index (χ2v) is 5.73. The molecule has 1 aliphatic heterocycles. The van der Waals surface area contributed by atoms with Gasteiger partial charge in [-0.05, 0) is 33.7 Å². The Hall–Kier alpha value is -0.160. The van der Waals surface area contributed by atoms with Gasteiger partial charge in [-0.1, -0.05) is 0 Å². The Labute approximate surface area is 99.4 Å². The van der Waals surface area contributed by atoms with Crippen LogP contribution in [0.3, 0.4) is 0 Å². The zero-order valence-corrected chi connectivity index (χ0v) is 10.9. The molecule has 0 saturated carbocycles. The van der Waals surface area contributed by atoms with E-state index in [1.54, 1.807) is 0 Å². The molecule has 0 spiro atoms. The number of aliphatic hydroxyl groups is 1. The Morgan fingerprint density at radius 1 is 1.19 bits per heavy atom. The van der Waals surface area contributed by atoms with Crippen molar-refractivity contribution in [1.29, 1.82) is 0 Å². The van der Waals surface area contributed by atoms with Crippen molar-refractivity contribution in [2.75, 3.05) is 39.3 Å². The Bertz CT molecular complexity index is 195. The topological polar surface area (TPSA) is 52.7 Å². The van der Waals surface area contributed by atoms with Crippen LogP contribution in [0, 0.1) is 0 Å². The van der Waals surface area contributed by atoms with Crippen LogP contribution in [0.5, 0.6) is 0 Å². The third-order valence-electron chi connectivity index (χ3n) is 3.37. The van der Waals surface area contributed by atoms with Gasteiger partial charge in [-0.15, -0.1) is 0 Å². The van der Waals surface area contributed by atoms with Crippen molar-refractivity contribution in [3.05, 3.63) is 0 Å². The molecule has 0 aromatic heterocycles. The first kappa shape index (κ1) is 13.9. The van der Waals surface area contributed by atoms with E-state index in [-0.39, 0.29) is 18.2 Å². The SMILES string of the molecule is CC(C)(C)N1CCN(CCC(N)CO)CC1. The summed E-state index contributed by atoms with van der Waals surface area (Å²) >= 11 is 0. The molecule has 3 N–H and O–H groups in total. The van der Waals surface area contributed by atoms with E-state index in [9.17, 15) is 0 Å². The van der Waals surface area contributed by atoms with Crippen molar-refractivity contribution in [1.82, 2.24) is 9.80 Å². The van der Waals surface area contributed by atoms with Crippen molar-refractivity contribution < 1.29 is 5.11 Å². The minimum Gasteiger partial charge on any atom is -0.395 e. The second kappa shape index (κ2) is 5.96. The number of piperazine rings is 1. The number of nitrogens with two attached hydrogens (primary N) is 1. The van der Waals surface area contributed by atoms with E-state index in [4.69, 9.17) is 10.8 Å². The van der Waals surface area contributed by atoms with Crippen LogP contribution < -0.4 is 5.73 Å². The van der Waals surface area contributed by atoms with E-state index in [1.165, 1.54) is 0 Å². The molecule has 0 aromatic rings. The van der Waals surface area contributed by atoms with Crippen molar-refractivity contribution in [2.45, 2.75) is 38.8 Å². The molecule has 96 valence electrons. The molecule has 0 bridgehead atoms. The average molecular weight is 229 g/mol. The van der Waals surface area contributed by atoms with Gasteiger partial charge in [0.25, 0.3) is 0 Å². The molecule has 1 rings (SSSR count). The van der Waals surface area contributed by atoms with E-state index in [0.717, 1.165) is 39.1 Å². The monoisotopic (exact) mass is 229 g/mol. The summed E-state index contributed by atoms with van der Waals surface area (Å²) in [6.07, 6.45) is 0.895. The molecule has 4 heteroatoms. The third kappa shape index (κ3) is 4.37. The van der Waals surface area contributed by atoms with Gasteiger partial charge in [0.2, 0.25) is 0 Å². The summed E-state index contributed by atoms with van der Waals surface area (Å²) in [4.78, 5) is 4.97. The maximum Gasteiger partial charge on any atom is 0.0583 e. The largest absolute Gasteiger partial charge is 0.395 e. The summed E-state index contributed by atoms with van der Waals surface area (Å²) in [5, 5.41) is 8.86. The van der Waals surface area contributed by atoms with E-state index in [0.29, 0.717) is 0 Å². The minimum atomic E-state index is -0.0550. The molecule has 1 fully saturated rings.